The number of methoxy groups -OCH3 is 2. The molecule has 0 atom stereocenters. The molecule has 0 aliphatic heterocycles. The van der Waals surface area contributed by atoms with E-state index in [1.165, 1.54) is 11.1 Å². The molecule has 5 nitrogen and oxygen atoms in total. The Balaban J connectivity index is 0.000000181. The van der Waals surface area contributed by atoms with Gasteiger partial charge in [0.05, 0.1) is 19.9 Å². The van der Waals surface area contributed by atoms with E-state index in [1.54, 1.807) is 26.4 Å². The van der Waals surface area contributed by atoms with Gasteiger partial charge in [0.1, 0.15) is 16.7 Å². The molecule has 236 valence electrons. The van der Waals surface area contributed by atoms with Gasteiger partial charge in [-0.3, -0.25) is 4.79 Å². The van der Waals surface area contributed by atoms with Crippen LogP contribution >= 0.6 is 11.6 Å². The molecular weight excluding hydrogens is 592 g/mol. The lowest BCUT2D eigenvalue weighted by Gasteiger charge is -2.19. The SMILES string of the molecule is COc1ccc2c(=O)[nH]c(-c3ccc(C(C)(C)C)cc3)cc2c1.COc1ccc2c(Cl)nc(-c3ccc(C(C)(C)C)cc3)cc2c1. The van der Waals surface area contributed by atoms with Crippen LogP contribution in [0.25, 0.3) is 44.1 Å². The Hall–Kier alpha value is -4.61. The molecule has 2 heterocycles. The van der Waals surface area contributed by atoms with E-state index >= 15 is 0 Å². The number of hydrogen-bond acceptors (Lipinski definition) is 4. The molecule has 1 N–H and O–H groups in total. The number of ether oxygens (including phenoxy) is 2. The number of hydrogen-bond donors (Lipinski definition) is 1. The topological polar surface area (TPSA) is 64.2 Å². The minimum atomic E-state index is -0.0833. The fraction of sp³-hybridized carbons (Fsp3) is 0.250. The van der Waals surface area contributed by atoms with E-state index in [1.807, 2.05) is 30.3 Å². The van der Waals surface area contributed by atoms with E-state index in [0.717, 1.165) is 50.2 Å². The first-order valence-corrected chi connectivity index (χ1v) is 15.7. The highest BCUT2D eigenvalue weighted by atomic mass is 35.5. The molecule has 4 aromatic carbocycles. The van der Waals surface area contributed by atoms with Crippen molar-refractivity contribution in [3.8, 4) is 34.0 Å². The van der Waals surface area contributed by atoms with Gasteiger partial charge in [-0.25, -0.2) is 4.98 Å². The van der Waals surface area contributed by atoms with Crippen molar-refractivity contribution in [2.45, 2.75) is 52.4 Å². The molecule has 6 rings (SSSR count). The van der Waals surface area contributed by atoms with E-state index in [2.05, 4.69) is 106 Å². The zero-order valence-corrected chi connectivity index (χ0v) is 28.5. The maximum absolute atomic E-state index is 12.3. The van der Waals surface area contributed by atoms with Gasteiger partial charge in [0.2, 0.25) is 0 Å². The normalized spacial score (nSPS) is 11.7. The van der Waals surface area contributed by atoms with E-state index in [9.17, 15) is 4.79 Å². The lowest BCUT2D eigenvalue weighted by atomic mass is 9.86. The van der Waals surface area contributed by atoms with Crippen LogP contribution in [0.2, 0.25) is 5.15 Å². The van der Waals surface area contributed by atoms with Gasteiger partial charge in [0.15, 0.2) is 0 Å². The van der Waals surface area contributed by atoms with Gasteiger partial charge >= 0.3 is 0 Å². The first-order chi connectivity index (χ1) is 21.8. The standard InChI is InChI=1S/C20H20ClNO.C20H21NO2/c1-20(2,3)15-7-5-13(6-8-15)18-12-14-11-16(23-4)9-10-17(14)19(21)22-18;1-20(2,3)15-7-5-13(6-8-15)18-12-14-11-16(23-4)9-10-17(14)19(22)21-18/h5-12H,1-4H3;5-12H,1-4H3,(H,21,22). The summed E-state index contributed by atoms with van der Waals surface area (Å²) < 4.78 is 10.5. The highest BCUT2D eigenvalue weighted by Gasteiger charge is 2.15. The third kappa shape index (κ3) is 7.27. The van der Waals surface area contributed by atoms with E-state index in [4.69, 9.17) is 21.1 Å². The Kier molecular flexibility index (Phi) is 9.27. The predicted octanol–water partition coefficient (Wildman–Crippen LogP) is 10.4. The molecule has 0 bridgehead atoms. The lowest BCUT2D eigenvalue weighted by molar-refractivity contribution is 0.415. The molecule has 0 spiro atoms. The molecular formula is C40H41ClN2O3. The van der Waals surface area contributed by atoms with Crippen LogP contribution in [0.4, 0.5) is 0 Å². The molecule has 0 saturated heterocycles. The average molecular weight is 633 g/mol. The number of halogens is 1. The summed E-state index contributed by atoms with van der Waals surface area (Å²) in [5.74, 6) is 1.56. The van der Waals surface area contributed by atoms with Gasteiger partial charge in [0.25, 0.3) is 5.56 Å². The van der Waals surface area contributed by atoms with Crippen LogP contribution in [-0.2, 0) is 10.8 Å². The summed E-state index contributed by atoms with van der Waals surface area (Å²) in [6.07, 6.45) is 0. The highest BCUT2D eigenvalue weighted by Crippen LogP contribution is 2.32. The first-order valence-electron chi connectivity index (χ1n) is 15.3. The van der Waals surface area contributed by atoms with Crippen LogP contribution in [0.15, 0.2) is 102 Å². The number of fused-ring (bicyclic) bond motifs is 2. The predicted molar refractivity (Wildman–Crippen MR) is 193 cm³/mol. The van der Waals surface area contributed by atoms with Crippen LogP contribution < -0.4 is 15.0 Å². The third-order valence-corrected chi connectivity index (χ3v) is 8.44. The maximum Gasteiger partial charge on any atom is 0.256 e. The van der Waals surface area contributed by atoms with Crippen molar-refractivity contribution >= 4 is 33.1 Å². The van der Waals surface area contributed by atoms with E-state index < -0.39 is 0 Å². The molecule has 0 radical (unpaired) electrons. The molecule has 0 unspecified atom stereocenters. The first kappa shape index (κ1) is 32.8. The Bertz CT molecular complexity index is 2050. The number of H-pyrrole nitrogens is 1. The Morgan fingerprint density at radius 1 is 0.609 bits per heavy atom. The minimum Gasteiger partial charge on any atom is -0.497 e. The van der Waals surface area contributed by atoms with Crippen molar-refractivity contribution < 1.29 is 9.47 Å². The number of nitrogens with zero attached hydrogens (tertiary/aromatic N) is 1. The molecule has 0 fully saturated rings. The Morgan fingerprint density at radius 3 is 1.59 bits per heavy atom. The monoisotopic (exact) mass is 632 g/mol. The maximum atomic E-state index is 12.3. The molecule has 0 saturated carbocycles. The summed E-state index contributed by atoms with van der Waals surface area (Å²) in [6.45, 7) is 13.2. The van der Waals surface area contributed by atoms with Gasteiger partial charge in [-0.1, -0.05) is 102 Å². The molecule has 0 aliphatic rings. The van der Waals surface area contributed by atoms with Gasteiger partial charge < -0.3 is 14.5 Å². The summed E-state index contributed by atoms with van der Waals surface area (Å²) in [5.41, 5.74) is 6.49. The highest BCUT2D eigenvalue weighted by molar-refractivity contribution is 6.34. The summed E-state index contributed by atoms with van der Waals surface area (Å²) in [7, 11) is 3.29. The average Bonchev–Trinajstić information content (AvgIpc) is 3.03. The van der Waals surface area contributed by atoms with Crippen molar-refractivity contribution in [3.05, 3.63) is 124 Å². The fourth-order valence-corrected chi connectivity index (χ4v) is 5.55. The van der Waals surface area contributed by atoms with Crippen LogP contribution in [-0.4, -0.2) is 24.2 Å². The number of nitrogens with one attached hydrogen (secondary N) is 1. The summed E-state index contributed by atoms with van der Waals surface area (Å²) in [6, 6.07) is 32.2. The summed E-state index contributed by atoms with van der Waals surface area (Å²) in [5, 5.41) is 4.02. The second-order valence-corrected chi connectivity index (χ2v) is 13.9. The second kappa shape index (κ2) is 13.0. The zero-order valence-electron chi connectivity index (χ0n) is 27.8. The molecule has 0 aliphatic carbocycles. The molecule has 6 aromatic rings. The van der Waals surface area contributed by atoms with Crippen LogP contribution in [0.1, 0.15) is 52.7 Å². The van der Waals surface area contributed by atoms with E-state index in [-0.39, 0.29) is 16.4 Å². The van der Waals surface area contributed by atoms with Crippen LogP contribution in [0.5, 0.6) is 11.5 Å². The van der Waals surface area contributed by atoms with Gasteiger partial charge in [-0.15, -0.1) is 0 Å². The molecule has 0 amide bonds. The van der Waals surface area contributed by atoms with Crippen molar-refractivity contribution in [3.63, 3.8) is 0 Å². The largest absolute Gasteiger partial charge is 0.497 e. The van der Waals surface area contributed by atoms with Crippen molar-refractivity contribution in [2.75, 3.05) is 14.2 Å². The fourth-order valence-electron chi connectivity index (χ4n) is 5.29. The number of aromatic nitrogens is 2. The van der Waals surface area contributed by atoms with Gasteiger partial charge in [-0.2, -0.15) is 0 Å². The summed E-state index contributed by atoms with van der Waals surface area (Å²) in [4.78, 5) is 19.8. The lowest BCUT2D eigenvalue weighted by Crippen LogP contribution is -2.11. The Labute approximate surface area is 276 Å². The zero-order chi connectivity index (χ0) is 33.2. The molecule has 2 aromatic heterocycles. The van der Waals surface area contributed by atoms with E-state index in [0.29, 0.717) is 10.5 Å². The number of pyridine rings is 2. The van der Waals surface area contributed by atoms with Crippen LogP contribution in [0, 0.1) is 0 Å². The smallest absolute Gasteiger partial charge is 0.256 e. The second-order valence-electron chi connectivity index (χ2n) is 13.5. The number of benzene rings is 4. The quantitative estimate of drug-likeness (QED) is 0.196. The van der Waals surface area contributed by atoms with Crippen molar-refractivity contribution in [1.29, 1.82) is 0 Å². The number of rotatable bonds is 4. The van der Waals surface area contributed by atoms with Crippen molar-refractivity contribution in [2.24, 2.45) is 0 Å². The third-order valence-electron chi connectivity index (χ3n) is 8.15. The summed E-state index contributed by atoms with van der Waals surface area (Å²) >= 11 is 6.36. The molecule has 46 heavy (non-hydrogen) atoms. The van der Waals surface area contributed by atoms with Gasteiger partial charge in [0, 0.05) is 22.0 Å². The van der Waals surface area contributed by atoms with Gasteiger partial charge in [-0.05, 0) is 86.8 Å². The molecule has 6 heteroatoms. The minimum absolute atomic E-state index is 0.0833. The van der Waals surface area contributed by atoms with Crippen LogP contribution in [0.3, 0.4) is 0 Å². The Morgan fingerprint density at radius 2 is 1.09 bits per heavy atom. The number of aromatic amines is 1. The van der Waals surface area contributed by atoms with Crippen molar-refractivity contribution in [1.82, 2.24) is 9.97 Å².